The van der Waals surface area contributed by atoms with Crippen molar-refractivity contribution in [2.24, 2.45) is 11.8 Å². The number of carbonyl (C=O) groups excluding carboxylic acids is 4. The van der Waals surface area contributed by atoms with Gasteiger partial charge in [-0.2, -0.15) is 0 Å². The molecular formula is C59H67N5O7. The highest BCUT2D eigenvalue weighted by Crippen LogP contribution is 2.44. The molecule has 0 aromatic heterocycles. The van der Waals surface area contributed by atoms with Crippen LogP contribution in [0.15, 0.2) is 158 Å². The van der Waals surface area contributed by atoms with Gasteiger partial charge in [-0.25, -0.2) is 4.79 Å². The van der Waals surface area contributed by atoms with E-state index in [2.05, 4.69) is 75.1 Å². The van der Waals surface area contributed by atoms with Crippen molar-refractivity contribution in [2.75, 3.05) is 25.6 Å². The molecule has 1 aliphatic carbocycles. The second-order valence-electron chi connectivity index (χ2n) is 18.9. The van der Waals surface area contributed by atoms with Gasteiger partial charge in [0.25, 0.3) is 0 Å². The summed E-state index contributed by atoms with van der Waals surface area (Å²) in [5.41, 5.74) is 7.97. The Morgan fingerprint density at radius 3 is 1.70 bits per heavy atom. The number of hydrogen-bond acceptors (Lipinski definition) is 8. The molecule has 1 aliphatic rings. The molecule has 6 aromatic rings. The molecule has 12 heteroatoms. The Labute approximate surface area is 418 Å². The summed E-state index contributed by atoms with van der Waals surface area (Å²) in [5.74, 6) is -1.25. The summed E-state index contributed by atoms with van der Waals surface area (Å²) >= 11 is 0. The lowest BCUT2D eigenvalue weighted by Gasteiger charge is -2.37. The highest BCUT2D eigenvalue weighted by molar-refractivity contribution is 5.99. The van der Waals surface area contributed by atoms with Crippen molar-refractivity contribution in [3.8, 4) is 16.9 Å². The van der Waals surface area contributed by atoms with E-state index in [4.69, 9.17) is 9.47 Å². The maximum atomic E-state index is 14.4. The van der Waals surface area contributed by atoms with Gasteiger partial charge in [-0.3, -0.25) is 19.7 Å². The number of alkyl carbamates (subject to hydrolysis) is 1. The fourth-order valence-corrected chi connectivity index (χ4v) is 9.50. The molecule has 7 rings (SSSR count). The monoisotopic (exact) mass is 958 g/mol. The fraction of sp³-hybridized carbons (Fsp3) is 0.322. The van der Waals surface area contributed by atoms with Gasteiger partial charge in [-0.15, -0.1) is 0 Å². The Morgan fingerprint density at radius 1 is 0.606 bits per heavy atom. The number of amides is 4. The van der Waals surface area contributed by atoms with E-state index >= 15 is 0 Å². The van der Waals surface area contributed by atoms with Crippen LogP contribution in [0.4, 0.5) is 10.5 Å². The summed E-state index contributed by atoms with van der Waals surface area (Å²) in [6, 6.07) is 48.6. The zero-order chi connectivity index (χ0) is 50.3. The molecule has 0 heterocycles. The third-order valence-corrected chi connectivity index (χ3v) is 13.2. The van der Waals surface area contributed by atoms with Crippen molar-refractivity contribution in [3.05, 3.63) is 191 Å². The number of carbonyl (C=O) groups is 4. The van der Waals surface area contributed by atoms with Crippen LogP contribution < -0.4 is 31.3 Å². The minimum absolute atomic E-state index is 0.0118. The van der Waals surface area contributed by atoms with E-state index in [1.807, 2.05) is 113 Å². The molecule has 0 bridgehead atoms. The van der Waals surface area contributed by atoms with Crippen LogP contribution >= 0.6 is 0 Å². The highest BCUT2D eigenvalue weighted by Gasteiger charge is 2.37. The number of unbranched alkanes of at least 4 members (excludes halogenated alkanes) is 1. The molecule has 0 saturated heterocycles. The molecule has 71 heavy (non-hydrogen) atoms. The number of fused-ring (bicyclic) bond motifs is 3. The molecule has 3 atom stereocenters. The number of hydrogen-bond donors (Lipinski definition) is 6. The van der Waals surface area contributed by atoms with E-state index in [9.17, 15) is 24.3 Å². The van der Waals surface area contributed by atoms with Gasteiger partial charge < -0.3 is 35.8 Å². The lowest BCUT2D eigenvalue weighted by molar-refractivity contribution is -0.132. The number of methoxy groups -OCH3 is 1. The van der Waals surface area contributed by atoms with Gasteiger partial charge >= 0.3 is 6.09 Å². The predicted octanol–water partition coefficient (Wildman–Crippen LogP) is 9.46. The van der Waals surface area contributed by atoms with Gasteiger partial charge in [0.15, 0.2) is 0 Å². The minimum atomic E-state index is -1.02. The maximum Gasteiger partial charge on any atom is 0.407 e. The number of aliphatic hydroxyl groups excluding tert-OH is 1. The van der Waals surface area contributed by atoms with Crippen LogP contribution in [0.2, 0.25) is 0 Å². The first-order chi connectivity index (χ1) is 34.4. The van der Waals surface area contributed by atoms with Crippen molar-refractivity contribution in [1.29, 1.82) is 0 Å². The van der Waals surface area contributed by atoms with Crippen molar-refractivity contribution in [3.63, 3.8) is 0 Å². The van der Waals surface area contributed by atoms with Crippen LogP contribution in [-0.2, 0) is 31.3 Å². The standard InChI is InChI=1S/C59H67N5O7/c1-39(2)36-53(63-57(68)54(40(3)4)64-58(69)71-38-51-49-24-14-12-22-47(49)48-23-13-15-25-50(48)51)56(67)62-52(55(66)61-45-31-27-41(37-65)28-32-45)26-16-17-35-60-59(42-18-8-6-9-19-42,43-20-10-7-11-21-43)44-29-33-46(70-5)34-30-44/h6-15,18-25,27-34,39-40,51-54,60,65H,16-17,26,35-38H2,1-5H3,(H,61,66)(H,62,67)(H,63,68)(H,64,69)/t52-,53-,54-/m0/s1. The highest BCUT2D eigenvalue weighted by atomic mass is 16.5. The molecule has 0 spiro atoms. The largest absolute Gasteiger partial charge is 0.497 e. The summed E-state index contributed by atoms with van der Waals surface area (Å²) < 4.78 is 11.3. The zero-order valence-electron chi connectivity index (χ0n) is 41.3. The van der Waals surface area contributed by atoms with Gasteiger partial charge in [-0.1, -0.05) is 161 Å². The number of benzene rings is 6. The normalized spacial score (nSPS) is 13.4. The summed E-state index contributed by atoms with van der Waals surface area (Å²) in [7, 11) is 1.65. The number of ether oxygens (including phenoxy) is 2. The summed E-state index contributed by atoms with van der Waals surface area (Å²) in [6.45, 7) is 8.02. The molecule has 0 radical (unpaired) electrons. The van der Waals surface area contributed by atoms with E-state index in [-0.39, 0.29) is 37.4 Å². The number of anilines is 1. The second-order valence-corrected chi connectivity index (χ2v) is 18.9. The average Bonchev–Trinajstić information content (AvgIpc) is 3.71. The molecule has 6 aromatic carbocycles. The third-order valence-electron chi connectivity index (χ3n) is 13.2. The molecule has 0 saturated carbocycles. The molecular weight excluding hydrogens is 891 g/mol. The number of aliphatic hydroxyl groups is 1. The first kappa shape index (κ1) is 51.6. The molecule has 0 fully saturated rings. The second kappa shape index (κ2) is 24.5. The molecule has 0 unspecified atom stereocenters. The van der Waals surface area contributed by atoms with E-state index in [1.165, 1.54) is 0 Å². The summed E-state index contributed by atoms with van der Waals surface area (Å²) in [5, 5.41) is 25.1. The van der Waals surface area contributed by atoms with E-state index in [0.29, 0.717) is 37.1 Å². The van der Waals surface area contributed by atoms with Crippen LogP contribution in [0.5, 0.6) is 5.75 Å². The number of nitrogens with one attached hydrogen (secondary N) is 5. The van der Waals surface area contributed by atoms with Crippen LogP contribution in [-0.4, -0.2) is 67.3 Å². The predicted molar refractivity (Wildman–Crippen MR) is 279 cm³/mol. The summed E-state index contributed by atoms with van der Waals surface area (Å²) in [6.07, 6.45) is 1.03. The first-order valence-electron chi connectivity index (χ1n) is 24.6. The first-order valence-corrected chi connectivity index (χ1v) is 24.6. The lowest BCUT2D eigenvalue weighted by atomic mass is 9.77. The number of rotatable bonds is 23. The van der Waals surface area contributed by atoms with E-state index < -0.39 is 47.5 Å². The Hall–Kier alpha value is -7.28. The average molecular weight is 958 g/mol. The quantitative estimate of drug-likeness (QED) is 0.0273. The van der Waals surface area contributed by atoms with Crippen molar-refractivity contribution >= 4 is 29.5 Å². The molecule has 0 aliphatic heterocycles. The maximum absolute atomic E-state index is 14.4. The van der Waals surface area contributed by atoms with Crippen LogP contribution in [0.3, 0.4) is 0 Å². The lowest BCUT2D eigenvalue weighted by Crippen LogP contribution is -2.57. The Morgan fingerprint density at radius 2 is 1.15 bits per heavy atom. The topological polar surface area (TPSA) is 167 Å². The van der Waals surface area contributed by atoms with Gasteiger partial charge in [0, 0.05) is 11.6 Å². The third kappa shape index (κ3) is 12.7. The van der Waals surface area contributed by atoms with Crippen LogP contribution in [0, 0.1) is 11.8 Å². The van der Waals surface area contributed by atoms with Gasteiger partial charge in [0.05, 0.1) is 19.3 Å². The SMILES string of the molecule is COc1ccc(C(NCCCC[C@H](NC(=O)[C@H](CC(C)C)NC(=O)[C@@H](NC(=O)OCC2c3ccccc3-c3ccccc32)C(C)C)C(=O)Nc2ccc(CO)cc2)(c2ccccc2)c2ccccc2)cc1. The Balaban J connectivity index is 1.04. The minimum Gasteiger partial charge on any atom is -0.497 e. The fourth-order valence-electron chi connectivity index (χ4n) is 9.50. The summed E-state index contributed by atoms with van der Waals surface area (Å²) in [4.78, 5) is 56.1. The Kier molecular flexibility index (Phi) is 17.8. The van der Waals surface area contributed by atoms with Gasteiger partial charge in [0.1, 0.15) is 30.5 Å². The van der Waals surface area contributed by atoms with Crippen molar-refractivity contribution in [1.82, 2.24) is 21.3 Å². The molecule has 12 nitrogen and oxygen atoms in total. The smallest absolute Gasteiger partial charge is 0.407 e. The molecule has 6 N–H and O–H groups in total. The van der Waals surface area contributed by atoms with Crippen molar-refractivity contribution in [2.45, 2.75) is 89.6 Å². The van der Waals surface area contributed by atoms with Gasteiger partial charge in [-0.05, 0) is 113 Å². The van der Waals surface area contributed by atoms with Crippen molar-refractivity contribution < 1.29 is 33.8 Å². The van der Waals surface area contributed by atoms with E-state index in [1.54, 1.807) is 31.4 Å². The zero-order valence-corrected chi connectivity index (χ0v) is 41.3. The Bertz CT molecular complexity index is 2610. The van der Waals surface area contributed by atoms with Gasteiger partial charge in [0.2, 0.25) is 17.7 Å². The molecule has 370 valence electrons. The van der Waals surface area contributed by atoms with E-state index in [0.717, 1.165) is 44.7 Å². The van der Waals surface area contributed by atoms with Crippen LogP contribution in [0.1, 0.15) is 92.7 Å². The van der Waals surface area contributed by atoms with Crippen LogP contribution in [0.25, 0.3) is 11.1 Å². The molecule has 4 amide bonds.